The molecule has 0 aliphatic carbocycles. The molecular weight excluding hydrogens is 353 g/mol. The molecule has 0 atom stereocenters. The maximum absolute atomic E-state index is 6.01. The summed E-state index contributed by atoms with van der Waals surface area (Å²) in [5.74, 6) is 1.53. The molecule has 6 heteroatoms. The Morgan fingerprint density at radius 2 is 2.05 bits per heavy atom. The van der Waals surface area contributed by atoms with Crippen LogP contribution in [0, 0.1) is 3.57 Å². The molecule has 2 aromatic rings. The van der Waals surface area contributed by atoms with Crippen molar-refractivity contribution < 1.29 is 0 Å². The number of halogens is 1. The van der Waals surface area contributed by atoms with Gasteiger partial charge in [0.2, 0.25) is 0 Å². The van der Waals surface area contributed by atoms with E-state index in [0.717, 1.165) is 26.9 Å². The van der Waals surface area contributed by atoms with Crippen LogP contribution >= 0.6 is 22.6 Å². The lowest BCUT2D eigenvalue weighted by atomic mass is 10.1. The number of nitrogens with zero attached hydrogens (tertiary/aromatic N) is 4. The molecule has 0 unspecified atom stereocenters. The highest BCUT2D eigenvalue weighted by molar-refractivity contribution is 14.1. The first-order chi connectivity index (χ1) is 8.93. The number of aryl methyl sites for hydroxylation is 2. The van der Waals surface area contributed by atoms with Gasteiger partial charge < -0.3 is 5.73 Å². The summed E-state index contributed by atoms with van der Waals surface area (Å²) in [6.45, 7) is 6.29. The second-order valence-corrected chi connectivity index (χ2v) is 5.88. The quantitative estimate of drug-likeness (QED) is 0.843. The van der Waals surface area contributed by atoms with E-state index in [9.17, 15) is 0 Å². The van der Waals surface area contributed by atoms with Crippen molar-refractivity contribution in [3.05, 3.63) is 21.2 Å². The van der Waals surface area contributed by atoms with Crippen LogP contribution < -0.4 is 5.73 Å². The average molecular weight is 371 g/mol. The summed E-state index contributed by atoms with van der Waals surface area (Å²) in [5, 5.41) is 4.43. The van der Waals surface area contributed by atoms with E-state index in [2.05, 4.69) is 58.4 Å². The zero-order valence-corrected chi connectivity index (χ0v) is 13.8. The molecule has 2 heterocycles. The van der Waals surface area contributed by atoms with Gasteiger partial charge in [0.05, 0.1) is 20.5 Å². The molecule has 0 aromatic carbocycles. The number of nitrogen functional groups attached to an aromatic ring is 1. The van der Waals surface area contributed by atoms with E-state index in [-0.39, 0.29) is 0 Å². The molecule has 5 nitrogen and oxygen atoms in total. The highest BCUT2D eigenvalue weighted by Gasteiger charge is 2.17. The summed E-state index contributed by atoms with van der Waals surface area (Å²) in [6.07, 6.45) is 2.80. The number of hydrogen-bond acceptors (Lipinski definition) is 4. The van der Waals surface area contributed by atoms with Crippen LogP contribution in [0.15, 0.2) is 6.20 Å². The van der Waals surface area contributed by atoms with Crippen LogP contribution in [0.5, 0.6) is 0 Å². The molecule has 0 spiro atoms. The Labute approximate surface area is 126 Å². The van der Waals surface area contributed by atoms with Crippen molar-refractivity contribution in [2.75, 3.05) is 5.73 Å². The van der Waals surface area contributed by atoms with Crippen LogP contribution in [-0.2, 0) is 13.5 Å². The molecule has 0 radical (unpaired) electrons. The van der Waals surface area contributed by atoms with Crippen molar-refractivity contribution in [2.45, 2.75) is 33.1 Å². The third-order valence-corrected chi connectivity index (χ3v) is 4.04. The van der Waals surface area contributed by atoms with E-state index < -0.39 is 0 Å². The minimum Gasteiger partial charge on any atom is -0.383 e. The van der Waals surface area contributed by atoms with Crippen LogP contribution in [-0.4, -0.2) is 19.7 Å². The summed E-state index contributed by atoms with van der Waals surface area (Å²) in [5.41, 5.74) is 8.97. The van der Waals surface area contributed by atoms with Gasteiger partial charge in [-0.25, -0.2) is 9.97 Å². The van der Waals surface area contributed by atoms with Gasteiger partial charge in [-0.2, -0.15) is 5.10 Å². The fraction of sp³-hybridized carbons (Fsp3) is 0.462. The topological polar surface area (TPSA) is 69.6 Å². The maximum atomic E-state index is 6.01. The molecule has 0 amide bonds. The molecule has 0 saturated heterocycles. The second kappa shape index (κ2) is 5.44. The Kier molecular flexibility index (Phi) is 4.07. The Bertz CT molecular complexity index is 603. The van der Waals surface area contributed by atoms with Crippen molar-refractivity contribution in [1.29, 1.82) is 0 Å². The standard InChI is InChI=1S/C13H18IN5/c1-5-9-8(6-19(4)18-9)13-16-11(7(2)3)10(14)12(15)17-13/h6-7H,5H2,1-4H3,(H2,15,16,17). The fourth-order valence-corrected chi connectivity index (χ4v) is 2.83. The lowest BCUT2D eigenvalue weighted by Crippen LogP contribution is -2.06. The molecule has 102 valence electrons. The lowest BCUT2D eigenvalue weighted by molar-refractivity contribution is 0.746. The predicted molar refractivity (Wildman–Crippen MR) is 84.8 cm³/mol. The summed E-state index contributed by atoms with van der Waals surface area (Å²) in [6, 6.07) is 0. The molecule has 0 aliphatic heterocycles. The first-order valence-corrected chi connectivity index (χ1v) is 7.37. The molecule has 2 rings (SSSR count). The van der Waals surface area contributed by atoms with Crippen molar-refractivity contribution in [3.63, 3.8) is 0 Å². The van der Waals surface area contributed by atoms with E-state index in [1.165, 1.54) is 0 Å². The van der Waals surface area contributed by atoms with Gasteiger partial charge in [0.25, 0.3) is 0 Å². The minimum absolute atomic E-state index is 0.317. The molecule has 19 heavy (non-hydrogen) atoms. The van der Waals surface area contributed by atoms with Crippen LogP contribution in [0.4, 0.5) is 5.82 Å². The van der Waals surface area contributed by atoms with E-state index in [1.807, 2.05) is 13.2 Å². The smallest absolute Gasteiger partial charge is 0.165 e. The number of aromatic nitrogens is 4. The van der Waals surface area contributed by atoms with Gasteiger partial charge in [0.1, 0.15) is 5.82 Å². The zero-order chi connectivity index (χ0) is 14.2. The highest BCUT2D eigenvalue weighted by Crippen LogP contribution is 2.28. The number of anilines is 1. The molecule has 0 saturated carbocycles. The van der Waals surface area contributed by atoms with Gasteiger partial charge in [-0.15, -0.1) is 0 Å². The lowest BCUT2D eigenvalue weighted by Gasteiger charge is -2.11. The second-order valence-electron chi connectivity index (χ2n) is 4.80. The third-order valence-electron chi connectivity index (χ3n) is 2.93. The summed E-state index contributed by atoms with van der Waals surface area (Å²) in [4.78, 5) is 9.09. The number of hydrogen-bond donors (Lipinski definition) is 1. The molecule has 0 fully saturated rings. The number of rotatable bonds is 3. The van der Waals surface area contributed by atoms with Gasteiger partial charge in [0, 0.05) is 13.2 Å². The average Bonchev–Trinajstić information content (AvgIpc) is 2.73. The summed E-state index contributed by atoms with van der Waals surface area (Å²) in [7, 11) is 1.90. The molecule has 2 N–H and O–H groups in total. The van der Waals surface area contributed by atoms with E-state index >= 15 is 0 Å². The van der Waals surface area contributed by atoms with E-state index in [1.54, 1.807) is 4.68 Å². The number of nitrogens with two attached hydrogens (primary N) is 1. The van der Waals surface area contributed by atoms with E-state index in [0.29, 0.717) is 17.6 Å². The third kappa shape index (κ3) is 2.72. The fourth-order valence-electron chi connectivity index (χ4n) is 1.97. The molecule has 0 aliphatic rings. The van der Waals surface area contributed by atoms with Crippen molar-refractivity contribution >= 4 is 28.4 Å². The molecular formula is C13H18IN5. The van der Waals surface area contributed by atoms with Gasteiger partial charge in [-0.3, -0.25) is 4.68 Å². The van der Waals surface area contributed by atoms with Crippen LogP contribution in [0.3, 0.4) is 0 Å². The highest BCUT2D eigenvalue weighted by atomic mass is 127. The first-order valence-electron chi connectivity index (χ1n) is 6.29. The maximum Gasteiger partial charge on any atom is 0.165 e. The van der Waals surface area contributed by atoms with Gasteiger partial charge in [-0.1, -0.05) is 20.8 Å². The normalized spacial score (nSPS) is 11.3. The van der Waals surface area contributed by atoms with Gasteiger partial charge >= 0.3 is 0 Å². The van der Waals surface area contributed by atoms with Crippen molar-refractivity contribution in [2.24, 2.45) is 7.05 Å². The molecule has 2 aromatic heterocycles. The van der Waals surface area contributed by atoms with Crippen LogP contribution in [0.2, 0.25) is 0 Å². The van der Waals surface area contributed by atoms with E-state index in [4.69, 9.17) is 5.73 Å². The van der Waals surface area contributed by atoms with Crippen molar-refractivity contribution in [3.8, 4) is 11.4 Å². The van der Waals surface area contributed by atoms with Crippen LogP contribution in [0.25, 0.3) is 11.4 Å². The van der Waals surface area contributed by atoms with Gasteiger partial charge in [0.15, 0.2) is 5.82 Å². The summed E-state index contributed by atoms with van der Waals surface area (Å²) < 4.78 is 2.74. The predicted octanol–water partition coefficient (Wildman–Crippen LogP) is 2.75. The Morgan fingerprint density at radius 1 is 1.37 bits per heavy atom. The van der Waals surface area contributed by atoms with Crippen LogP contribution in [0.1, 0.15) is 38.1 Å². The minimum atomic E-state index is 0.317. The Morgan fingerprint density at radius 3 is 2.63 bits per heavy atom. The largest absolute Gasteiger partial charge is 0.383 e. The molecule has 0 bridgehead atoms. The monoisotopic (exact) mass is 371 g/mol. The van der Waals surface area contributed by atoms with Crippen molar-refractivity contribution in [1.82, 2.24) is 19.7 Å². The van der Waals surface area contributed by atoms with Gasteiger partial charge in [-0.05, 0) is 34.9 Å². The zero-order valence-electron chi connectivity index (χ0n) is 11.6. The Balaban J connectivity index is 2.62. The summed E-state index contributed by atoms with van der Waals surface area (Å²) >= 11 is 2.21. The SMILES string of the molecule is CCc1nn(C)cc1-c1nc(N)c(I)c(C(C)C)n1. The first kappa shape index (κ1) is 14.2. The Hall–Kier alpha value is -1.18.